The summed E-state index contributed by atoms with van der Waals surface area (Å²) in [4.78, 5) is 26.9. The van der Waals surface area contributed by atoms with Crippen LogP contribution in [0.25, 0.3) is 21.7 Å². The smallest absolute Gasteiger partial charge is 0.352 e. The molecule has 0 radical (unpaired) electrons. The van der Waals surface area contributed by atoms with Gasteiger partial charge in [0.2, 0.25) is 5.91 Å². The van der Waals surface area contributed by atoms with Crippen molar-refractivity contribution in [3.05, 3.63) is 78.0 Å². The van der Waals surface area contributed by atoms with Crippen LogP contribution in [0, 0.1) is 0 Å². The lowest BCUT2D eigenvalue weighted by atomic mass is 10.1. The normalized spacial score (nSPS) is 10.9. The minimum Gasteiger partial charge on any atom is -0.477 e. The first kappa shape index (κ1) is 15.9. The topological polar surface area (TPSA) is 82.2 Å². The van der Waals surface area contributed by atoms with E-state index in [1.807, 2.05) is 60.7 Å². The minimum absolute atomic E-state index is 0.0154. The second kappa shape index (κ2) is 6.37. The number of hydrogen-bond donors (Lipinski definition) is 3. The SMILES string of the molecule is O=C(Cc1c(C(=O)O)[nH]c2ccccc12)Nc1ccc2ccccc2c1. The largest absolute Gasteiger partial charge is 0.477 e. The summed E-state index contributed by atoms with van der Waals surface area (Å²) in [6.45, 7) is 0. The van der Waals surface area contributed by atoms with Crippen LogP contribution >= 0.6 is 0 Å². The number of carbonyl (C=O) groups excluding carboxylic acids is 1. The van der Waals surface area contributed by atoms with Gasteiger partial charge in [-0.25, -0.2) is 4.79 Å². The molecule has 0 saturated heterocycles. The van der Waals surface area contributed by atoms with Crippen LogP contribution in [0.2, 0.25) is 0 Å². The molecular formula is C21H16N2O3. The van der Waals surface area contributed by atoms with Gasteiger partial charge < -0.3 is 15.4 Å². The summed E-state index contributed by atoms with van der Waals surface area (Å²) in [5, 5.41) is 15.2. The molecule has 0 aliphatic heterocycles. The third kappa shape index (κ3) is 2.91. The van der Waals surface area contributed by atoms with Gasteiger partial charge in [-0.1, -0.05) is 48.5 Å². The minimum atomic E-state index is -1.07. The lowest BCUT2D eigenvalue weighted by molar-refractivity contribution is -0.115. The Bertz CT molecular complexity index is 1140. The Kier molecular flexibility index (Phi) is 3.89. The van der Waals surface area contributed by atoms with Gasteiger partial charge in [-0.2, -0.15) is 0 Å². The van der Waals surface area contributed by atoms with E-state index >= 15 is 0 Å². The quantitative estimate of drug-likeness (QED) is 0.519. The van der Waals surface area contributed by atoms with E-state index < -0.39 is 5.97 Å². The number of aromatic amines is 1. The predicted molar refractivity (Wildman–Crippen MR) is 102 cm³/mol. The number of benzene rings is 3. The highest BCUT2D eigenvalue weighted by atomic mass is 16.4. The Morgan fingerprint density at radius 1 is 0.923 bits per heavy atom. The van der Waals surface area contributed by atoms with Gasteiger partial charge in [-0.3, -0.25) is 4.79 Å². The van der Waals surface area contributed by atoms with Gasteiger partial charge in [0, 0.05) is 22.2 Å². The van der Waals surface area contributed by atoms with Crippen LogP contribution in [0.5, 0.6) is 0 Å². The molecule has 4 rings (SSSR count). The van der Waals surface area contributed by atoms with E-state index in [0.29, 0.717) is 16.8 Å². The molecule has 1 heterocycles. The van der Waals surface area contributed by atoms with E-state index in [-0.39, 0.29) is 18.0 Å². The van der Waals surface area contributed by atoms with E-state index in [1.165, 1.54) is 0 Å². The maximum absolute atomic E-state index is 12.5. The van der Waals surface area contributed by atoms with Gasteiger partial charge in [0.05, 0.1) is 6.42 Å². The highest BCUT2D eigenvalue weighted by molar-refractivity contribution is 6.02. The number of carboxylic acid groups (broad SMARTS) is 1. The fourth-order valence-electron chi connectivity index (χ4n) is 3.20. The summed E-state index contributed by atoms with van der Waals surface area (Å²) in [5.74, 6) is -1.33. The molecule has 0 spiro atoms. The van der Waals surface area contributed by atoms with Crippen molar-refractivity contribution >= 4 is 39.2 Å². The Balaban J connectivity index is 1.62. The number of anilines is 1. The van der Waals surface area contributed by atoms with E-state index in [4.69, 9.17) is 0 Å². The number of nitrogens with one attached hydrogen (secondary N) is 2. The first-order chi connectivity index (χ1) is 12.6. The van der Waals surface area contributed by atoms with Crippen molar-refractivity contribution in [2.45, 2.75) is 6.42 Å². The zero-order valence-corrected chi connectivity index (χ0v) is 13.8. The molecule has 1 aromatic heterocycles. The van der Waals surface area contributed by atoms with Crippen LogP contribution < -0.4 is 5.32 Å². The molecule has 5 heteroatoms. The summed E-state index contributed by atoms with van der Waals surface area (Å²) in [6.07, 6.45) is -0.0154. The third-order valence-electron chi connectivity index (χ3n) is 4.40. The van der Waals surface area contributed by atoms with Crippen LogP contribution in [0.15, 0.2) is 66.7 Å². The molecule has 4 aromatic rings. The third-order valence-corrected chi connectivity index (χ3v) is 4.40. The Hall–Kier alpha value is -3.60. The zero-order valence-electron chi connectivity index (χ0n) is 13.8. The number of H-pyrrole nitrogens is 1. The van der Waals surface area contributed by atoms with Gasteiger partial charge in [-0.05, 0) is 29.0 Å². The number of carbonyl (C=O) groups is 2. The van der Waals surface area contributed by atoms with Gasteiger partial charge >= 0.3 is 5.97 Å². The molecule has 0 bridgehead atoms. The molecule has 128 valence electrons. The second-order valence-corrected chi connectivity index (χ2v) is 6.12. The summed E-state index contributed by atoms with van der Waals surface area (Å²) in [5.41, 5.74) is 1.94. The summed E-state index contributed by atoms with van der Waals surface area (Å²) < 4.78 is 0. The molecule has 3 aromatic carbocycles. The number of aromatic carboxylic acids is 1. The van der Waals surface area contributed by atoms with Crippen molar-refractivity contribution in [3.63, 3.8) is 0 Å². The average molecular weight is 344 g/mol. The van der Waals surface area contributed by atoms with Crippen molar-refractivity contribution in [3.8, 4) is 0 Å². The first-order valence-electron chi connectivity index (χ1n) is 8.23. The molecular weight excluding hydrogens is 328 g/mol. The fourth-order valence-corrected chi connectivity index (χ4v) is 3.20. The Labute approximate surface area is 149 Å². The summed E-state index contributed by atoms with van der Waals surface area (Å²) >= 11 is 0. The fraction of sp³-hybridized carbons (Fsp3) is 0.0476. The van der Waals surface area contributed by atoms with Crippen molar-refractivity contribution < 1.29 is 14.7 Å². The lowest BCUT2D eigenvalue weighted by Gasteiger charge is -2.07. The molecule has 0 unspecified atom stereocenters. The molecule has 3 N–H and O–H groups in total. The monoisotopic (exact) mass is 344 g/mol. The van der Waals surface area contributed by atoms with Crippen molar-refractivity contribution in [1.82, 2.24) is 4.98 Å². The van der Waals surface area contributed by atoms with E-state index in [0.717, 1.165) is 16.2 Å². The maximum atomic E-state index is 12.5. The molecule has 26 heavy (non-hydrogen) atoms. The zero-order chi connectivity index (χ0) is 18.1. The van der Waals surface area contributed by atoms with Gasteiger partial charge in [0.15, 0.2) is 0 Å². The van der Waals surface area contributed by atoms with E-state index in [2.05, 4.69) is 10.3 Å². The van der Waals surface area contributed by atoms with Crippen LogP contribution in [0.3, 0.4) is 0 Å². The number of amides is 1. The summed E-state index contributed by atoms with van der Waals surface area (Å²) in [7, 11) is 0. The second-order valence-electron chi connectivity index (χ2n) is 6.12. The number of aromatic nitrogens is 1. The lowest BCUT2D eigenvalue weighted by Crippen LogP contribution is -2.16. The highest BCUT2D eigenvalue weighted by Gasteiger charge is 2.19. The molecule has 0 saturated carbocycles. The molecule has 0 atom stereocenters. The van der Waals surface area contributed by atoms with E-state index in [9.17, 15) is 14.7 Å². The number of fused-ring (bicyclic) bond motifs is 2. The van der Waals surface area contributed by atoms with Crippen molar-refractivity contribution in [2.75, 3.05) is 5.32 Å². The molecule has 0 fully saturated rings. The van der Waals surface area contributed by atoms with Crippen molar-refractivity contribution in [2.24, 2.45) is 0 Å². The Morgan fingerprint density at radius 3 is 2.46 bits per heavy atom. The van der Waals surface area contributed by atoms with Crippen LogP contribution in [-0.4, -0.2) is 22.0 Å². The first-order valence-corrected chi connectivity index (χ1v) is 8.23. The number of rotatable bonds is 4. The van der Waals surface area contributed by atoms with Crippen LogP contribution in [0.4, 0.5) is 5.69 Å². The molecule has 0 aliphatic carbocycles. The number of para-hydroxylation sites is 1. The standard InChI is InChI=1S/C21H16N2O3/c24-19(22-15-10-9-13-5-1-2-6-14(13)11-15)12-17-16-7-3-4-8-18(16)23-20(17)21(25)26/h1-11,23H,12H2,(H,22,24)(H,25,26). The number of hydrogen-bond acceptors (Lipinski definition) is 2. The Morgan fingerprint density at radius 2 is 1.65 bits per heavy atom. The molecule has 1 amide bonds. The van der Waals surface area contributed by atoms with E-state index in [1.54, 1.807) is 6.07 Å². The highest BCUT2D eigenvalue weighted by Crippen LogP contribution is 2.24. The van der Waals surface area contributed by atoms with Crippen LogP contribution in [0.1, 0.15) is 16.1 Å². The average Bonchev–Trinajstić information content (AvgIpc) is 3.00. The predicted octanol–water partition coefficient (Wildman–Crippen LogP) is 4.20. The molecule has 5 nitrogen and oxygen atoms in total. The van der Waals surface area contributed by atoms with Gasteiger partial charge in [0.1, 0.15) is 5.69 Å². The van der Waals surface area contributed by atoms with Gasteiger partial charge in [-0.15, -0.1) is 0 Å². The van der Waals surface area contributed by atoms with Gasteiger partial charge in [0.25, 0.3) is 0 Å². The maximum Gasteiger partial charge on any atom is 0.352 e. The van der Waals surface area contributed by atoms with Crippen LogP contribution in [-0.2, 0) is 11.2 Å². The summed E-state index contributed by atoms with van der Waals surface area (Å²) in [6, 6.07) is 20.8. The number of carboxylic acids is 1. The van der Waals surface area contributed by atoms with Crippen molar-refractivity contribution in [1.29, 1.82) is 0 Å². The molecule has 0 aliphatic rings.